The van der Waals surface area contributed by atoms with Gasteiger partial charge in [0.1, 0.15) is 17.2 Å². The lowest BCUT2D eigenvalue weighted by atomic mass is 10.0. The van der Waals surface area contributed by atoms with Gasteiger partial charge in [0.25, 0.3) is 0 Å². The predicted molar refractivity (Wildman–Crippen MR) is 108 cm³/mol. The molecule has 0 saturated heterocycles. The molecule has 0 aromatic heterocycles. The highest BCUT2D eigenvalue weighted by molar-refractivity contribution is 5.68. The van der Waals surface area contributed by atoms with Crippen molar-refractivity contribution in [1.82, 2.24) is 10.6 Å². The summed E-state index contributed by atoms with van der Waals surface area (Å²) >= 11 is 0. The third kappa shape index (κ3) is 7.76. The van der Waals surface area contributed by atoms with E-state index in [2.05, 4.69) is 10.6 Å². The number of alkyl carbamates (subject to hydrolysis) is 1. The molecule has 1 unspecified atom stereocenters. The van der Waals surface area contributed by atoms with Crippen LogP contribution in [0.25, 0.3) is 0 Å². The molecule has 0 bridgehead atoms. The average molecular weight is 460 g/mol. The topological polar surface area (TPSA) is 70.6 Å². The molecule has 0 heterocycles. The largest absolute Gasteiger partial charge is 0.444 e. The van der Waals surface area contributed by atoms with Crippen molar-refractivity contribution < 1.29 is 36.6 Å². The molecular formula is C22H25F5N2O3. The van der Waals surface area contributed by atoms with Gasteiger partial charge in [-0.2, -0.15) is 13.2 Å². The van der Waals surface area contributed by atoms with Crippen LogP contribution in [0.5, 0.6) is 0 Å². The van der Waals surface area contributed by atoms with Crippen molar-refractivity contribution in [3.8, 4) is 0 Å². The van der Waals surface area contributed by atoms with Gasteiger partial charge >= 0.3 is 12.3 Å². The summed E-state index contributed by atoms with van der Waals surface area (Å²) in [7, 11) is 0. The highest BCUT2D eigenvalue weighted by Crippen LogP contribution is 2.29. The summed E-state index contributed by atoms with van der Waals surface area (Å²) in [6.45, 7) is 4.62. The van der Waals surface area contributed by atoms with Gasteiger partial charge in [0, 0.05) is 24.7 Å². The van der Waals surface area contributed by atoms with Gasteiger partial charge < -0.3 is 20.5 Å². The van der Waals surface area contributed by atoms with Gasteiger partial charge in [0.15, 0.2) is 0 Å². The second-order valence-corrected chi connectivity index (χ2v) is 8.19. The number of hydrogen-bond donors (Lipinski definition) is 3. The summed E-state index contributed by atoms with van der Waals surface area (Å²) in [5, 5.41) is 15.7. The van der Waals surface area contributed by atoms with Crippen LogP contribution in [-0.4, -0.2) is 29.4 Å². The Bertz CT molecular complexity index is 929. The van der Waals surface area contributed by atoms with Gasteiger partial charge in [-0.15, -0.1) is 0 Å². The predicted octanol–water partition coefficient (Wildman–Crippen LogP) is 4.70. The van der Waals surface area contributed by atoms with E-state index in [0.717, 1.165) is 24.3 Å². The Morgan fingerprint density at radius 3 is 2.38 bits per heavy atom. The maximum absolute atomic E-state index is 14.3. The number of aliphatic hydroxyl groups excluding tert-OH is 1. The van der Waals surface area contributed by atoms with Gasteiger partial charge in [0.05, 0.1) is 17.7 Å². The van der Waals surface area contributed by atoms with E-state index in [0.29, 0.717) is 11.6 Å². The molecule has 2 atom stereocenters. The average Bonchev–Trinajstić information content (AvgIpc) is 2.64. The molecule has 2 aromatic rings. The first-order valence-electron chi connectivity index (χ1n) is 9.75. The zero-order valence-electron chi connectivity index (χ0n) is 17.8. The van der Waals surface area contributed by atoms with E-state index in [9.17, 15) is 31.9 Å². The van der Waals surface area contributed by atoms with E-state index in [1.54, 1.807) is 20.8 Å². The minimum atomic E-state index is -4.49. The third-order valence-electron chi connectivity index (χ3n) is 4.29. The van der Waals surface area contributed by atoms with Gasteiger partial charge in [-0.25, -0.2) is 13.6 Å². The number of halogens is 5. The Hall–Kier alpha value is -2.72. The quantitative estimate of drug-likeness (QED) is 0.524. The van der Waals surface area contributed by atoms with Crippen molar-refractivity contribution in [2.45, 2.75) is 51.2 Å². The van der Waals surface area contributed by atoms with Crippen LogP contribution in [0.1, 0.15) is 43.5 Å². The number of benzene rings is 2. The number of alkyl halides is 3. The molecule has 0 radical (unpaired) electrons. The second-order valence-electron chi connectivity index (χ2n) is 8.19. The molecule has 3 N–H and O–H groups in total. The Balaban J connectivity index is 2.12. The van der Waals surface area contributed by atoms with E-state index in [1.165, 1.54) is 12.1 Å². The minimum absolute atomic E-state index is 0.0218. The highest BCUT2D eigenvalue weighted by Gasteiger charge is 2.31. The molecule has 10 heteroatoms. The second kappa shape index (κ2) is 10.3. The molecule has 176 valence electrons. The maximum Gasteiger partial charge on any atom is 0.416 e. The van der Waals surface area contributed by atoms with Crippen LogP contribution in [-0.2, 0) is 17.5 Å². The minimum Gasteiger partial charge on any atom is -0.444 e. The van der Waals surface area contributed by atoms with Crippen LogP contribution < -0.4 is 10.6 Å². The van der Waals surface area contributed by atoms with E-state index in [-0.39, 0.29) is 18.7 Å². The van der Waals surface area contributed by atoms with Crippen molar-refractivity contribution in [2.75, 3.05) is 6.54 Å². The monoisotopic (exact) mass is 460 g/mol. The number of ether oxygens (including phenoxy) is 1. The number of aliphatic hydroxyl groups is 1. The summed E-state index contributed by atoms with van der Waals surface area (Å²) in [6, 6.07) is 6.02. The third-order valence-corrected chi connectivity index (χ3v) is 4.29. The fourth-order valence-corrected chi connectivity index (χ4v) is 2.91. The summed E-state index contributed by atoms with van der Waals surface area (Å²) < 4.78 is 71.3. The molecule has 5 nitrogen and oxygen atoms in total. The maximum atomic E-state index is 14.3. The van der Waals surface area contributed by atoms with Crippen molar-refractivity contribution in [1.29, 1.82) is 0 Å². The van der Waals surface area contributed by atoms with Crippen molar-refractivity contribution >= 4 is 6.09 Å². The number of nitrogens with one attached hydrogen (secondary N) is 2. The smallest absolute Gasteiger partial charge is 0.416 e. The molecule has 0 aliphatic carbocycles. The lowest BCUT2D eigenvalue weighted by molar-refractivity contribution is -0.137. The molecule has 0 aliphatic rings. The van der Waals surface area contributed by atoms with Crippen molar-refractivity contribution in [2.24, 2.45) is 0 Å². The fourth-order valence-electron chi connectivity index (χ4n) is 2.91. The standard InChI is InChI=1S/C22H25F5N2O3/c1-21(2,3)32-20(31)29-19(16-8-7-15(23)10-17(16)24)18(30)12-28-11-13-5-4-6-14(9-13)22(25,26)27/h4-10,18-19,28,30H,11-12H2,1-3H3,(H,29,31)/t18-,19?/m1/s1. The first-order chi connectivity index (χ1) is 14.8. The number of rotatable bonds is 7. The van der Waals surface area contributed by atoms with E-state index >= 15 is 0 Å². The summed E-state index contributed by atoms with van der Waals surface area (Å²) in [5.41, 5.74) is -1.53. The van der Waals surface area contributed by atoms with E-state index in [4.69, 9.17) is 4.74 Å². The molecule has 0 aliphatic heterocycles. The number of carbonyl (C=O) groups is 1. The Morgan fingerprint density at radius 2 is 1.78 bits per heavy atom. The fraction of sp³-hybridized carbons (Fsp3) is 0.409. The highest BCUT2D eigenvalue weighted by atomic mass is 19.4. The molecule has 0 saturated carbocycles. The lowest BCUT2D eigenvalue weighted by Crippen LogP contribution is -2.43. The van der Waals surface area contributed by atoms with Crippen molar-refractivity contribution in [3.05, 3.63) is 70.8 Å². The molecule has 0 spiro atoms. The van der Waals surface area contributed by atoms with Crippen molar-refractivity contribution in [3.63, 3.8) is 0 Å². The van der Waals surface area contributed by atoms with E-state index in [1.807, 2.05) is 0 Å². The molecule has 1 amide bonds. The first-order valence-corrected chi connectivity index (χ1v) is 9.75. The van der Waals surface area contributed by atoms with Gasteiger partial charge in [0.2, 0.25) is 0 Å². The number of hydrogen-bond acceptors (Lipinski definition) is 4. The summed E-state index contributed by atoms with van der Waals surface area (Å²) in [4.78, 5) is 12.2. The van der Waals surface area contributed by atoms with Crippen LogP contribution in [0, 0.1) is 11.6 Å². The molecule has 32 heavy (non-hydrogen) atoms. The van der Waals surface area contributed by atoms with Crippen LogP contribution >= 0.6 is 0 Å². The Kier molecular flexibility index (Phi) is 8.19. The van der Waals surface area contributed by atoms with Crippen LogP contribution in [0.3, 0.4) is 0 Å². The van der Waals surface area contributed by atoms with Crippen LogP contribution in [0.2, 0.25) is 0 Å². The molecule has 2 aromatic carbocycles. The Morgan fingerprint density at radius 1 is 1.09 bits per heavy atom. The Labute approximate surface area is 182 Å². The SMILES string of the molecule is CC(C)(C)OC(=O)NC(c1ccc(F)cc1F)[C@H](O)CNCc1cccc(C(F)(F)F)c1. The van der Waals surface area contributed by atoms with E-state index < -0.39 is 47.2 Å². The summed E-state index contributed by atoms with van der Waals surface area (Å²) in [6.07, 6.45) is -6.82. The normalized spacial score (nSPS) is 14.0. The zero-order chi connectivity index (χ0) is 24.1. The molecule has 2 rings (SSSR count). The molecule has 0 fully saturated rings. The van der Waals surface area contributed by atoms with Gasteiger partial charge in [-0.05, 0) is 38.5 Å². The first kappa shape index (κ1) is 25.5. The number of amides is 1. The molecular weight excluding hydrogens is 435 g/mol. The summed E-state index contributed by atoms with van der Waals surface area (Å²) in [5.74, 6) is -1.82. The van der Waals surface area contributed by atoms with Gasteiger partial charge in [-0.3, -0.25) is 0 Å². The van der Waals surface area contributed by atoms with Gasteiger partial charge in [-0.1, -0.05) is 24.3 Å². The van der Waals surface area contributed by atoms with Crippen LogP contribution in [0.15, 0.2) is 42.5 Å². The zero-order valence-corrected chi connectivity index (χ0v) is 17.8. The van der Waals surface area contributed by atoms with Crippen LogP contribution in [0.4, 0.5) is 26.7 Å². The lowest BCUT2D eigenvalue weighted by Gasteiger charge is -2.27. The number of carbonyl (C=O) groups excluding carboxylic acids is 1.